The Morgan fingerprint density at radius 2 is 1.79 bits per heavy atom. The van der Waals surface area contributed by atoms with Gasteiger partial charge in [0.1, 0.15) is 11.5 Å². The number of hydrogen-bond acceptors (Lipinski definition) is 5. The molecule has 1 N–H and O–H groups in total. The quantitative estimate of drug-likeness (QED) is 0.709. The Hall–Kier alpha value is -3.35. The second-order valence-electron chi connectivity index (χ2n) is 6.57. The van der Waals surface area contributed by atoms with Crippen molar-refractivity contribution in [1.29, 1.82) is 0 Å². The van der Waals surface area contributed by atoms with Crippen LogP contribution in [0.15, 0.2) is 42.5 Å². The monoisotopic (exact) mass is 380 g/mol. The lowest BCUT2D eigenvalue weighted by Crippen LogP contribution is -2.28. The Morgan fingerprint density at radius 1 is 1.07 bits per heavy atom. The van der Waals surface area contributed by atoms with Gasteiger partial charge in [-0.3, -0.25) is 4.79 Å². The highest BCUT2D eigenvalue weighted by Gasteiger charge is 2.21. The standard InChI is InChI=1S/C21H24N4O3/c1-13-6-8-16(9-7-13)25-15(3)20(23-24-25)21(26)22-14(2)18-11-10-17(27-4)12-19(18)28-5/h6-12,14H,1-5H3,(H,22,26)/t14-/m0/s1. The largest absolute Gasteiger partial charge is 0.497 e. The Labute approximate surface area is 164 Å². The van der Waals surface area contributed by atoms with Crippen LogP contribution in [0.5, 0.6) is 11.5 Å². The summed E-state index contributed by atoms with van der Waals surface area (Å²) in [6, 6.07) is 13.1. The van der Waals surface area contributed by atoms with Gasteiger partial charge in [-0.1, -0.05) is 22.9 Å². The molecule has 0 radical (unpaired) electrons. The molecule has 2 aromatic carbocycles. The van der Waals surface area contributed by atoms with E-state index in [1.807, 2.05) is 57.2 Å². The highest BCUT2D eigenvalue weighted by Crippen LogP contribution is 2.29. The fourth-order valence-electron chi connectivity index (χ4n) is 2.99. The van der Waals surface area contributed by atoms with Gasteiger partial charge in [0.05, 0.1) is 31.6 Å². The molecule has 3 rings (SSSR count). The number of nitrogens with zero attached hydrogens (tertiary/aromatic N) is 3. The highest BCUT2D eigenvalue weighted by atomic mass is 16.5. The molecule has 0 fully saturated rings. The molecule has 3 aromatic rings. The lowest BCUT2D eigenvalue weighted by atomic mass is 10.1. The summed E-state index contributed by atoms with van der Waals surface area (Å²) in [5, 5.41) is 11.2. The third kappa shape index (κ3) is 3.83. The number of amides is 1. The van der Waals surface area contributed by atoms with Gasteiger partial charge in [-0.15, -0.1) is 5.10 Å². The molecule has 0 aliphatic carbocycles. The van der Waals surface area contributed by atoms with Crippen LogP contribution >= 0.6 is 0 Å². The first-order valence-electron chi connectivity index (χ1n) is 8.96. The third-order valence-electron chi connectivity index (χ3n) is 4.64. The molecule has 1 heterocycles. The lowest BCUT2D eigenvalue weighted by Gasteiger charge is -2.17. The van der Waals surface area contributed by atoms with E-state index < -0.39 is 0 Å². The highest BCUT2D eigenvalue weighted by molar-refractivity contribution is 5.93. The molecule has 0 saturated heterocycles. The first kappa shape index (κ1) is 19.4. The van der Waals surface area contributed by atoms with Crippen LogP contribution in [-0.2, 0) is 0 Å². The zero-order valence-electron chi connectivity index (χ0n) is 16.7. The van der Waals surface area contributed by atoms with Gasteiger partial charge in [-0.05, 0) is 45.0 Å². The molecule has 1 aromatic heterocycles. The molecule has 7 nitrogen and oxygen atoms in total. The zero-order chi connectivity index (χ0) is 20.3. The Kier molecular flexibility index (Phi) is 5.63. The lowest BCUT2D eigenvalue weighted by molar-refractivity contribution is 0.0933. The summed E-state index contributed by atoms with van der Waals surface area (Å²) in [5.41, 5.74) is 3.83. The number of ether oxygens (including phenoxy) is 2. The molecule has 0 spiro atoms. The summed E-state index contributed by atoms with van der Waals surface area (Å²) >= 11 is 0. The number of rotatable bonds is 6. The number of nitrogens with one attached hydrogen (secondary N) is 1. The van der Waals surface area contributed by atoms with E-state index in [9.17, 15) is 4.79 Å². The maximum atomic E-state index is 12.8. The number of aryl methyl sites for hydroxylation is 1. The predicted octanol–water partition coefficient (Wildman–Crippen LogP) is 3.39. The maximum Gasteiger partial charge on any atom is 0.274 e. The van der Waals surface area contributed by atoms with Crippen LogP contribution in [0.2, 0.25) is 0 Å². The molecule has 0 unspecified atom stereocenters. The van der Waals surface area contributed by atoms with Crippen molar-refractivity contribution in [2.45, 2.75) is 26.8 Å². The summed E-state index contributed by atoms with van der Waals surface area (Å²) in [4.78, 5) is 12.8. The number of benzene rings is 2. The molecule has 146 valence electrons. The van der Waals surface area contributed by atoms with Gasteiger partial charge in [0, 0.05) is 11.6 Å². The normalized spacial score (nSPS) is 11.8. The van der Waals surface area contributed by atoms with E-state index in [4.69, 9.17) is 9.47 Å². The number of hydrogen-bond donors (Lipinski definition) is 1. The second-order valence-corrected chi connectivity index (χ2v) is 6.57. The Morgan fingerprint density at radius 3 is 2.43 bits per heavy atom. The van der Waals surface area contributed by atoms with Crippen molar-refractivity contribution in [2.24, 2.45) is 0 Å². The molecule has 0 saturated carbocycles. The van der Waals surface area contributed by atoms with Crippen LogP contribution < -0.4 is 14.8 Å². The van der Waals surface area contributed by atoms with E-state index >= 15 is 0 Å². The minimum atomic E-state index is -0.291. The smallest absolute Gasteiger partial charge is 0.274 e. The van der Waals surface area contributed by atoms with Crippen molar-refractivity contribution in [3.63, 3.8) is 0 Å². The van der Waals surface area contributed by atoms with Crippen LogP contribution in [0, 0.1) is 13.8 Å². The summed E-state index contributed by atoms with van der Waals surface area (Å²) in [6.07, 6.45) is 0. The van der Waals surface area contributed by atoms with E-state index in [0.717, 1.165) is 16.8 Å². The number of carbonyl (C=O) groups is 1. The Bertz CT molecular complexity index is 980. The summed E-state index contributed by atoms with van der Waals surface area (Å²) in [7, 11) is 3.18. The minimum absolute atomic E-state index is 0.280. The van der Waals surface area contributed by atoms with Crippen molar-refractivity contribution in [3.05, 3.63) is 65.0 Å². The maximum absolute atomic E-state index is 12.8. The molecule has 28 heavy (non-hydrogen) atoms. The van der Waals surface area contributed by atoms with E-state index in [2.05, 4.69) is 15.6 Å². The fourth-order valence-corrected chi connectivity index (χ4v) is 2.99. The zero-order valence-corrected chi connectivity index (χ0v) is 16.7. The molecule has 7 heteroatoms. The molecule has 0 aliphatic heterocycles. The minimum Gasteiger partial charge on any atom is -0.497 e. The van der Waals surface area contributed by atoms with Crippen LogP contribution in [-0.4, -0.2) is 35.1 Å². The van der Waals surface area contributed by atoms with Crippen molar-refractivity contribution in [2.75, 3.05) is 14.2 Å². The van der Waals surface area contributed by atoms with Crippen molar-refractivity contribution >= 4 is 5.91 Å². The van der Waals surface area contributed by atoms with E-state index in [-0.39, 0.29) is 11.9 Å². The summed E-state index contributed by atoms with van der Waals surface area (Å²) < 4.78 is 12.3. The molecule has 0 aliphatic rings. The molecular formula is C21H24N4O3. The van der Waals surface area contributed by atoms with Gasteiger partial charge >= 0.3 is 0 Å². The average molecular weight is 380 g/mol. The Balaban J connectivity index is 1.81. The fraction of sp³-hybridized carbons (Fsp3) is 0.286. The van der Waals surface area contributed by atoms with Crippen molar-refractivity contribution in [1.82, 2.24) is 20.3 Å². The van der Waals surface area contributed by atoms with Gasteiger partial charge in [0.15, 0.2) is 5.69 Å². The molecule has 1 atom stereocenters. The van der Waals surface area contributed by atoms with E-state index in [0.29, 0.717) is 22.9 Å². The second kappa shape index (κ2) is 8.12. The third-order valence-corrected chi connectivity index (χ3v) is 4.64. The van der Waals surface area contributed by atoms with Crippen molar-refractivity contribution < 1.29 is 14.3 Å². The first-order chi connectivity index (χ1) is 13.4. The van der Waals surface area contributed by atoms with Gasteiger partial charge in [-0.2, -0.15) is 0 Å². The first-order valence-corrected chi connectivity index (χ1v) is 8.96. The van der Waals surface area contributed by atoms with Crippen LogP contribution in [0.1, 0.15) is 40.3 Å². The van der Waals surface area contributed by atoms with Crippen molar-refractivity contribution in [3.8, 4) is 17.2 Å². The number of carbonyl (C=O) groups excluding carboxylic acids is 1. The molecular weight excluding hydrogens is 356 g/mol. The van der Waals surface area contributed by atoms with Crippen LogP contribution in [0.25, 0.3) is 5.69 Å². The van der Waals surface area contributed by atoms with Crippen LogP contribution in [0.3, 0.4) is 0 Å². The molecule has 1 amide bonds. The van der Waals surface area contributed by atoms with E-state index in [1.54, 1.807) is 25.0 Å². The van der Waals surface area contributed by atoms with Gasteiger partial charge in [-0.25, -0.2) is 4.68 Å². The summed E-state index contributed by atoms with van der Waals surface area (Å²) in [5.74, 6) is 1.05. The SMILES string of the molecule is COc1ccc([C@H](C)NC(=O)c2nnn(-c3ccc(C)cc3)c2C)c(OC)c1. The predicted molar refractivity (Wildman–Crippen MR) is 106 cm³/mol. The van der Waals surface area contributed by atoms with Gasteiger partial charge < -0.3 is 14.8 Å². The molecule has 0 bridgehead atoms. The van der Waals surface area contributed by atoms with Gasteiger partial charge in [0.25, 0.3) is 5.91 Å². The summed E-state index contributed by atoms with van der Waals surface area (Å²) in [6.45, 7) is 5.74. The average Bonchev–Trinajstić information content (AvgIpc) is 3.09. The van der Waals surface area contributed by atoms with Crippen LogP contribution in [0.4, 0.5) is 0 Å². The van der Waals surface area contributed by atoms with Gasteiger partial charge in [0.2, 0.25) is 0 Å². The topological polar surface area (TPSA) is 78.3 Å². The van der Waals surface area contributed by atoms with E-state index in [1.165, 1.54) is 0 Å². The number of methoxy groups -OCH3 is 2. The number of aromatic nitrogens is 3.